The Kier molecular flexibility index (Phi) is 5.06. The van der Waals surface area contributed by atoms with Gasteiger partial charge in [0, 0.05) is 39.8 Å². The summed E-state index contributed by atoms with van der Waals surface area (Å²) in [4.78, 5) is 27.5. The largest absolute Gasteiger partial charge is 0.461 e. The predicted octanol–water partition coefficient (Wildman–Crippen LogP) is 2.06. The number of piperidine rings is 1. The van der Waals surface area contributed by atoms with Gasteiger partial charge < -0.3 is 24.1 Å². The van der Waals surface area contributed by atoms with Crippen LogP contribution in [0.5, 0.6) is 0 Å². The molecule has 0 unspecified atom stereocenters. The van der Waals surface area contributed by atoms with E-state index >= 15 is 0 Å². The van der Waals surface area contributed by atoms with Gasteiger partial charge >= 0.3 is 6.03 Å². The standard InChI is InChI=1S/C17H22N4O4/c1-20(2)17(23)21-7-5-12(6-8-21)11-18-16(22)13-10-15(25-19-13)14-4-3-9-24-14/h3-4,9-10,12H,5-8,11H2,1-2H3,(H,18,22). The first-order valence-corrected chi connectivity index (χ1v) is 8.29. The Morgan fingerprint density at radius 3 is 2.72 bits per heavy atom. The van der Waals surface area contributed by atoms with Crippen molar-refractivity contribution in [3.05, 3.63) is 30.2 Å². The van der Waals surface area contributed by atoms with E-state index in [0.29, 0.717) is 37.1 Å². The van der Waals surface area contributed by atoms with Crippen molar-refractivity contribution in [2.75, 3.05) is 33.7 Å². The molecular formula is C17H22N4O4. The molecular weight excluding hydrogens is 324 g/mol. The van der Waals surface area contributed by atoms with Gasteiger partial charge in [0.1, 0.15) is 0 Å². The first kappa shape index (κ1) is 17.1. The van der Waals surface area contributed by atoms with E-state index in [1.807, 2.05) is 4.90 Å². The van der Waals surface area contributed by atoms with Crippen LogP contribution in [0, 0.1) is 5.92 Å². The van der Waals surface area contributed by atoms with E-state index in [-0.39, 0.29) is 17.6 Å². The molecule has 1 saturated heterocycles. The third-order valence-electron chi connectivity index (χ3n) is 4.33. The highest BCUT2D eigenvalue weighted by molar-refractivity contribution is 5.92. The zero-order valence-corrected chi connectivity index (χ0v) is 14.4. The topological polar surface area (TPSA) is 91.8 Å². The molecule has 134 valence electrons. The van der Waals surface area contributed by atoms with Crippen LogP contribution in [0.4, 0.5) is 4.79 Å². The summed E-state index contributed by atoms with van der Waals surface area (Å²) in [6.45, 7) is 1.99. The lowest BCUT2D eigenvalue weighted by Crippen LogP contribution is -2.45. The molecule has 8 nitrogen and oxygen atoms in total. The lowest BCUT2D eigenvalue weighted by atomic mass is 9.97. The summed E-state index contributed by atoms with van der Waals surface area (Å²) < 4.78 is 10.3. The van der Waals surface area contributed by atoms with E-state index in [0.717, 1.165) is 12.8 Å². The van der Waals surface area contributed by atoms with Crippen molar-refractivity contribution in [1.82, 2.24) is 20.3 Å². The number of amides is 3. The average molecular weight is 346 g/mol. The summed E-state index contributed by atoms with van der Waals surface area (Å²) in [6, 6.07) is 5.08. The second-order valence-corrected chi connectivity index (χ2v) is 6.37. The number of nitrogens with one attached hydrogen (secondary N) is 1. The minimum atomic E-state index is -0.270. The number of aromatic nitrogens is 1. The van der Waals surface area contributed by atoms with Crippen LogP contribution in [-0.2, 0) is 0 Å². The Labute approximate surface area is 145 Å². The number of rotatable bonds is 4. The molecule has 0 bridgehead atoms. The molecule has 2 aromatic heterocycles. The van der Waals surface area contributed by atoms with Gasteiger partial charge in [0.15, 0.2) is 11.5 Å². The van der Waals surface area contributed by atoms with Gasteiger partial charge in [0.2, 0.25) is 5.76 Å². The van der Waals surface area contributed by atoms with E-state index in [2.05, 4.69) is 10.5 Å². The molecule has 0 atom stereocenters. The first-order valence-electron chi connectivity index (χ1n) is 8.29. The average Bonchev–Trinajstić information content (AvgIpc) is 3.30. The third-order valence-corrected chi connectivity index (χ3v) is 4.33. The van der Waals surface area contributed by atoms with Gasteiger partial charge in [-0.2, -0.15) is 0 Å². The molecule has 1 aliphatic rings. The number of hydrogen-bond donors (Lipinski definition) is 1. The van der Waals surface area contributed by atoms with Crippen molar-refractivity contribution in [1.29, 1.82) is 0 Å². The van der Waals surface area contributed by atoms with Crippen molar-refractivity contribution in [3.8, 4) is 11.5 Å². The molecule has 3 rings (SSSR count). The SMILES string of the molecule is CN(C)C(=O)N1CCC(CNC(=O)c2cc(-c3ccco3)on2)CC1. The van der Waals surface area contributed by atoms with E-state index < -0.39 is 0 Å². The molecule has 3 amide bonds. The second-order valence-electron chi connectivity index (χ2n) is 6.37. The molecule has 2 aromatic rings. The minimum Gasteiger partial charge on any atom is -0.461 e. The van der Waals surface area contributed by atoms with Crippen molar-refractivity contribution in [2.24, 2.45) is 5.92 Å². The summed E-state index contributed by atoms with van der Waals surface area (Å²) in [5, 5.41) is 6.67. The highest BCUT2D eigenvalue weighted by Gasteiger charge is 2.24. The zero-order chi connectivity index (χ0) is 17.8. The van der Waals surface area contributed by atoms with Crippen LogP contribution in [0.1, 0.15) is 23.3 Å². The highest BCUT2D eigenvalue weighted by atomic mass is 16.5. The minimum absolute atomic E-state index is 0.0375. The normalized spacial score (nSPS) is 15.2. The smallest absolute Gasteiger partial charge is 0.319 e. The van der Waals surface area contributed by atoms with Gasteiger partial charge in [-0.05, 0) is 30.9 Å². The van der Waals surface area contributed by atoms with Gasteiger partial charge in [-0.1, -0.05) is 5.16 Å². The molecule has 0 spiro atoms. The summed E-state index contributed by atoms with van der Waals surface area (Å²) >= 11 is 0. The van der Waals surface area contributed by atoms with Crippen molar-refractivity contribution >= 4 is 11.9 Å². The Morgan fingerprint density at radius 1 is 1.32 bits per heavy atom. The van der Waals surface area contributed by atoms with Gasteiger partial charge in [0.25, 0.3) is 5.91 Å². The fourth-order valence-electron chi connectivity index (χ4n) is 2.86. The molecule has 8 heteroatoms. The lowest BCUT2D eigenvalue weighted by Gasteiger charge is -2.33. The molecule has 0 radical (unpaired) electrons. The number of urea groups is 1. The summed E-state index contributed by atoms with van der Waals surface area (Å²) in [6.07, 6.45) is 3.28. The maximum absolute atomic E-state index is 12.2. The zero-order valence-electron chi connectivity index (χ0n) is 14.4. The maximum atomic E-state index is 12.2. The van der Waals surface area contributed by atoms with Gasteiger partial charge in [-0.25, -0.2) is 4.79 Å². The van der Waals surface area contributed by atoms with Gasteiger partial charge in [-0.15, -0.1) is 0 Å². The van der Waals surface area contributed by atoms with Crippen LogP contribution in [-0.4, -0.2) is 60.6 Å². The van der Waals surface area contributed by atoms with Crippen molar-refractivity contribution in [2.45, 2.75) is 12.8 Å². The molecule has 0 aliphatic carbocycles. The molecule has 1 fully saturated rings. The molecule has 0 aromatic carbocycles. The summed E-state index contributed by atoms with van der Waals surface area (Å²) in [7, 11) is 3.51. The van der Waals surface area contributed by atoms with E-state index in [1.54, 1.807) is 37.2 Å². The molecule has 1 aliphatic heterocycles. The van der Waals surface area contributed by atoms with E-state index in [4.69, 9.17) is 8.94 Å². The van der Waals surface area contributed by atoms with Crippen LogP contribution >= 0.6 is 0 Å². The number of nitrogens with zero attached hydrogens (tertiary/aromatic N) is 3. The Bertz CT molecular complexity index is 715. The molecule has 1 N–H and O–H groups in total. The first-order chi connectivity index (χ1) is 12.0. The summed E-state index contributed by atoms with van der Waals surface area (Å²) in [5.41, 5.74) is 0.228. The van der Waals surface area contributed by atoms with Gasteiger partial charge in [0.05, 0.1) is 6.26 Å². The van der Waals surface area contributed by atoms with Crippen LogP contribution in [0.15, 0.2) is 33.4 Å². The van der Waals surface area contributed by atoms with Crippen LogP contribution in [0.3, 0.4) is 0 Å². The number of carbonyl (C=O) groups excluding carboxylic acids is 2. The molecule has 25 heavy (non-hydrogen) atoms. The number of likely N-dealkylation sites (tertiary alicyclic amines) is 1. The van der Waals surface area contributed by atoms with E-state index in [1.165, 1.54) is 6.26 Å². The Morgan fingerprint density at radius 2 is 2.08 bits per heavy atom. The van der Waals surface area contributed by atoms with Crippen molar-refractivity contribution in [3.63, 3.8) is 0 Å². The van der Waals surface area contributed by atoms with Crippen LogP contribution in [0.25, 0.3) is 11.5 Å². The van der Waals surface area contributed by atoms with Crippen molar-refractivity contribution < 1.29 is 18.5 Å². The maximum Gasteiger partial charge on any atom is 0.319 e. The number of carbonyl (C=O) groups is 2. The second kappa shape index (κ2) is 7.42. The number of furan rings is 1. The van der Waals surface area contributed by atoms with E-state index in [9.17, 15) is 9.59 Å². The van der Waals surface area contributed by atoms with Crippen LogP contribution < -0.4 is 5.32 Å². The fourth-order valence-corrected chi connectivity index (χ4v) is 2.86. The van der Waals surface area contributed by atoms with Crippen LogP contribution in [0.2, 0.25) is 0 Å². The third kappa shape index (κ3) is 4.01. The molecule has 3 heterocycles. The van der Waals surface area contributed by atoms with Gasteiger partial charge in [-0.3, -0.25) is 4.79 Å². The monoisotopic (exact) mass is 346 g/mol. The highest BCUT2D eigenvalue weighted by Crippen LogP contribution is 2.21. The predicted molar refractivity (Wildman–Crippen MR) is 89.9 cm³/mol. The Hall–Kier alpha value is -2.77. The quantitative estimate of drug-likeness (QED) is 0.915. The number of hydrogen-bond acceptors (Lipinski definition) is 5. The summed E-state index contributed by atoms with van der Waals surface area (Å²) in [5.74, 6) is 1.04. The Balaban J connectivity index is 1.46. The molecule has 0 saturated carbocycles. The fraction of sp³-hybridized carbons (Fsp3) is 0.471. The lowest BCUT2D eigenvalue weighted by molar-refractivity contribution is 0.0926.